The Hall–Kier alpha value is -2.89. The summed E-state index contributed by atoms with van der Waals surface area (Å²) < 4.78 is 205. The summed E-state index contributed by atoms with van der Waals surface area (Å²) in [5.74, 6) is -27.5. The molecule has 0 fully saturated rings. The van der Waals surface area contributed by atoms with Crippen molar-refractivity contribution >= 4 is 7.92 Å². The van der Waals surface area contributed by atoms with E-state index >= 15 is 13.2 Å². The molecule has 0 saturated carbocycles. The smallest absolute Gasteiger partial charge is 0.218 e. The number of benzene rings is 2. The Morgan fingerprint density at radius 1 is 0.632 bits per heavy atom. The summed E-state index contributed by atoms with van der Waals surface area (Å²) in [6, 6.07) is 0. The largest absolute Gasteiger partial charge is 0.238 e. The topological polar surface area (TPSA) is 0 Å². The zero-order chi connectivity index (χ0) is 28.3. The number of hydrogen-bond donors (Lipinski definition) is 0. The molecule has 4 atom stereocenters. The Morgan fingerprint density at radius 3 is 1.50 bits per heavy atom. The molecule has 0 aromatic heterocycles. The summed E-state index contributed by atoms with van der Waals surface area (Å²) in [7, 11) is -3.78. The van der Waals surface area contributed by atoms with Crippen LogP contribution >= 0.6 is 7.92 Å². The van der Waals surface area contributed by atoms with Crippen molar-refractivity contribution in [1.82, 2.24) is 0 Å². The van der Waals surface area contributed by atoms with Crippen LogP contribution < -0.4 is 0 Å². The molecule has 0 heterocycles. The monoisotopic (exact) mass is 580 g/mol. The molecule has 2 aromatic rings. The second-order valence-corrected chi connectivity index (χ2v) is 10.9. The van der Waals surface area contributed by atoms with Gasteiger partial charge in [-0.05, 0) is 20.7 Å². The zero-order valence-electron chi connectivity index (χ0n) is 18.0. The van der Waals surface area contributed by atoms with Crippen LogP contribution in [0.25, 0.3) is 11.1 Å². The first-order chi connectivity index (χ1) is 17.6. The van der Waals surface area contributed by atoms with Crippen LogP contribution in [0.1, 0.15) is 16.8 Å². The van der Waals surface area contributed by atoms with Crippen molar-refractivity contribution in [2.45, 2.75) is 23.4 Å². The van der Waals surface area contributed by atoms with Gasteiger partial charge >= 0.3 is 0 Å². The molecular weight excluding hydrogens is 573 g/mol. The molecule has 0 N–H and O–H groups in total. The van der Waals surface area contributed by atoms with E-state index in [1.54, 1.807) is 0 Å². The molecule has 3 aliphatic rings. The molecule has 38 heavy (non-hydrogen) atoms. The predicted octanol–water partition coefficient (Wildman–Crippen LogP) is 8.65. The summed E-state index contributed by atoms with van der Waals surface area (Å²) in [6.07, 6.45) is -6.44. The summed E-state index contributed by atoms with van der Waals surface area (Å²) in [6.45, 7) is 0.407. The molecule has 0 bridgehead atoms. The summed E-state index contributed by atoms with van der Waals surface area (Å²) in [5.41, 5.74) is -12.9. The lowest BCUT2D eigenvalue weighted by Gasteiger charge is -2.40. The van der Waals surface area contributed by atoms with Gasteiger partial charge in [0.2, 0.25) is 5.41 Å². The van der Waals surface area contributed by atoms with Crippen molar-refractivity contribution < 1.29 is 61.5 Å². The van der Waals surface area contributed by atoms with Crippen LogP contribution in [0.5, 0.6) is 0 Å². The van der Waals surface area contributed by atoms with Crippen molar-refractivity contribution in [3.8, 4) is 11.1 Å². The molecule has 202 valence electrons. The SMILES string of the molecule is CP(C1c2c(F)c(F)c(F)c(F)c2-c2c(F)c(F)c(F)c(F)c21)C1(F)C(F)=C(F)C2=C(C(F)=CC2F)C1F. The molecule has 15 heteroatoms. The van der Waals surface area contributed by atoms with Crippen LogP contribution in [0.15, 0.2) is 34.7 Å². The fraction of sp³-hybridized carbons (Fsp3) is 0.217. The Balaban J connectivity index is 1.85. The third kappa shape index (κ3) is 2.98. The quantitative estimate of drug-likeness (QED) is 0.144. The van der Waals surface area contributed by atoms with Crippen molar-refractivity contribution in [3.05, 3.63) is 92.4 Å². The number of alkyl halides is 3. The molecule has 2 aromatic carbocycles. The molecular formula is C23H7F14P. The van der Waals surface area contributed by atoms with Crippen molar-refractivity contribution in [2.75, 3.05) is 6.66 Å². The summed E-state index contributed by atoms with van der Waals surface area (Å²) in [5, 5.41) is -4.49. The Bertz CT molecular complexity index is 1490. The van der Waals surface area contributed by atoms with Crippen LogP contribution in [-0.4, -0.2) is 24.4 Å². The highest BCUT2D eigenvalue weighted by atomic mass is 31.1. The Morgan fingerprint density at radius 2 is 1.05 bits per heavy atom. The first kappa shape index (κ1) is 26.7. The van der Waals surface area contributed by atoms with Gasteiger partial charge in [-0.15, -0.1) is 0 Å². The van der Waals surface area contributed by atoms with Gasteiger partial charge in [0.1, 0.15) is 12.0 Å². The van der Waals surface area contributed by atoms with E-state index in [-0.39, 0.29) is 6.08 Å². The van der Waals surface area contributed by atoms with Gasteiger partial charge in [0.25, 0.3) is 0 Å². The minimum atomic E-state index is -4.49. The van der Waals surface area contributed by atoms with E-state index in [4.69, 9.17) is 0 Å². The van der Waals surface area contributed by atoms with E-state index in [2.05, 4.69) is 0 Å². The van der Waals surface area contributed by atoms with E-state index in [1.807, 2.05) is 0 Å². The van der Waals surface area contributed by atoms with Gasteiger partial charge in [0.15, 0.2) is 64.4 Å². The lowest BCUT2D eigenvalue weighted by Crippen LogP contribution is -2.40. The van der Waals surface area contributed by atoms with Crippen LogP contribution in [-0.2, 0) is 0 Å². The molecule has 0 nitrogen and oxygen atoms in total. The van der Waals surface area contributed by atoms with Crippen molar-refractivity contribution in [2.24, 2.45) is 0 Å². The number of hydrogen-bond acceptors (Lipinski definition) is 0. The molecule has 0 aliphatic heterocycles. The Kier molecular flexibility index (Phi) is 5.84. The lowest BCUT2D eigenvalue weighted by molar-refractivity contribution is 0.150. The molecule has 3 aliphatic carbocycles. The fourth-order valence-corrected chi connectivity index (χ4v) is 7.53. The van der Waals surface area contributed by atoms with Crippen molar-refractivity contribution in [1.29, 1.82) is 0 Å². The average Bonchev–Trinajstić information content (AvgIpc) is 3.39. The predicted molar refractivity (Wildman–Crippen MR) is 105 cm³/mol. The minimum Gasteiger partial charge on any atom is -0.238 e. The number of fused-ring (bicyclic) bond motifs is 3. The van der Waals surface area contributed by atoms with Gasteiger partial charge in [-0.2, -0.15) is 0 Å². The van der Waals surface area contributed by atoms with Gasteiger partial charge in [0.05, 0.1) is 0 Å². The maximum Gasteiger partial charge on any atom is 0.218 e. The van der Waals surface area contributed by atoms with E-state index in [9.17, 15) is 48.3 Å². The third-order valence-corrected chi connectivity index (χ3v) is 9.49. The third-order valence-electron chi connectivity index (χ3n) is 6.75. The zero-order valence-corrected chi connectivity index (χ0v) is 18.9. The molecule has 0 radical (unpaired) electrons. The van der Waals surface area contributed by atoms with Gasteiger partial charge in [0, 0.05) is 39.1 Å². The highest BCUT2D eigenvalue weighted by molar-refractivity contribution is 7.59. The molecule has 5 rings (SSSR count). The van der Waals surface area contributed by atoms with E-state index in [1.165, 1.54) is 0 Å². The molecule has 0 spiro atoms. The van der Waals surface area contributed by atoms with Gasteiger partial charge < -0.3 is 0 Å². The highest BCUT2D eigenvalue weighted by Crippen LogP contribution is 2.73. The van der Waals surface area contributed by atoms with Gasteiger partial charge in [-0.1, -0.05) is 0 Å². The van der Waals surface area contributed by atoms with Crippen LogP contribution in [0.4, 0.5) is 61.5 Å². The summed E-state index contributed by atoms with van der Waals surface area (Å²) >= 11 is 0. The van der Waals surface area contributed by atoms with E-state index < -0.39 is 129 Å². The van der Waals surface area contributed by atoms with Gasteiger partial charge in [-0.25, -0.2) is 61.5 Å². The first-order valence-electron chi connectivity index (χ1n) is 10.2. The van der Waals surface area contributed by atoms with Crippen LogP contribution in [0.2, 0.25) is 0 Å². The maximum atomic E-state index is 16.3. The van der Waals surface area contributed by atoms with Crippen LogP contribution in [0, 0.1) is 46.5 Å². The molecule has 0 amide bonds. The normalized spacial score (nSPS) is 25.6. The molecule has 0 saturated heterocycles. The summed E-state index contributed by atoms with van der Waals surface area (Å²) in [4.78, 5) is 0. The minimum absolute atomic E-state index is 0.0334. The Labute approximate surface area is 203 Å². The highest BCUT2D eigenvalue weighted by Gasteiger charge is 2.62. The van der Waals surface area contributed by atoms with Crippen molar-refractivity contribution in [3.63, 3.8) is 0 Å². The standard InChI is InChI=1S/C23H7F14P/c1-38(23(37)21(35)6-4(25)2-3(24)5(6)15(30)22(23)36)20-9-7(11(26)16(31)18(33)13(9)28)8-10(20)14(29)19(34)17(32)12(8)27/h2-3,20-21H,1H3. The first-order valence-corrected chi connectivity index (χ1v) is 12.1. The second kappa shape index (κ2) is 8.30. The van der Waals surface area contributed by atoms with Gasteiger partial charge in [-0.3, -0.25) is 0 Å². The fourth-order valence-electron chi connectivity index (χ4n) is 5.00. The molecule has 4 unspecified atom stereocenters. The number of rotatable bonds is 2. The lowest BCUT2D eigenvalue weighted by atomic mass is 9.93. The second-order valence-electron chi connectivity index (χ2n) is 8.51. The van der Waals surface area contributed by atoms with E-state index in [0.717, 1.165) is 0 Å². The average molecular weight is 580 g/mol. The number of halogens is 14. The maximum absolute atomic E-state index is 16.3. The number of allylic oxidation sites excluding steroid dienone is 6. The van der Waals surface area contributed by atoms with E-state index in [0.29, 0.717) is 6.66 Å². The van der Waals surface area contributed by atoms with Crippen LogP contribution in [0.3, 0.4) is 0 Å².